The molecule has 0 radical (unpaired) electrons. The molecule has 0 aliphatic carbocycles. The Hall–Kier alpha value is 0.120. The molecule has 3 nitrogen and oxygen atoms in total. The Balaban J connectivity index is 3.15. The monoisotopic (exact) mass is 377 g/mol. The lowest BCUT2D eigenvalue weighted by Gasteiger charge is -2.25. The van der Waals surface area contributed by atoms with Crippen LogP contribution >= 0.6 is 39.1 Å². The summed E-state index contributed by atoms with van der Waals surface area (Å²) in [5.41, 5.74) is -1.03. The molecule has 0 unspecified atom stereocenters. The lowest BCUT2D eigenvalue weighted by Crippen LogP contribution is -2.49. The Morgan fingerprint density at radius 3 is 2.39 bits per heavy atom. The second-order valence-electron chi connectivity index (χ2n) is 4.01. The normalized spacial score (nSPS) is 12.7. The third-order valence-corrected chi connectivity index (χ3v) is 5.50. The Labute approximate surface area is 124 Å². The first-order valence-corrected chi connectivity index (χ1v) is 8.19. The summed E-state index contributed by atoms with van der Waals surface area (Å²) in [6.45, 7) is 1.54. The number of nitrogens with one attached hydrogen (secondary N) is 1. The van der Waals surface area contributed by atoms with Crippen LogP contribution in [0.15, 0.2) is 27.6 Å². The molecule has 0 saturated heterocycles. The van der Waals surface area contributed by atoms with Gasteiger partial charge in [0.1, 0.15) is 10.7 Å². The molecule has 0 aliphatic heterocycles. The number of hydrogen-bond acceptors (Lipinski definition) is 2. The second-order valence-corrected chi connectivity index (χ2v) is 7.11. The average molecular weight is 379 g/mol. The van der Waals surface area contributed by atoms with Gasteiger partial charge in [-0.05, 0) is 25.1 Å². The van der Waals surface area contributed by atoms with Crippen molar-refractivity contribution in [2.24, 2.45) is 0 Å². The molecule has 1 rings (SSSR count). The zero-order valence-corrected chi connectivity index (χ0v) is 13.3. The van der Waals surface area contributed by atoms with E-state index < -0.39 is 26.3 Å². The minimum atomic E-state index is -4.00. The zero-order valence-electron chi connectivity index (χ0n) is 9.38. The van der Waals surface area contributed by atoms with Crippen molar-refractivity contribution >= 4 is 49.2 Å². The lowest BCUT2D eigenvalue weighted by molar-refractivity contribution is 0.494. The first-order valence-electron chi connectivity index (χ1n) is 4.85. The van der Waals surface area contributed by atoms with Crippen LogP contribution in [0.1, 0.15) is 6.92 Å². The Morgan fingerprint density at radius 2 is 1.94 bits per heavy atom. The van der Waals surface area contributed by atoms with Crippen molar-refractivity contribution in [2.75, 3.05) is 11.8 Å². The fraction of sp³-hybridized carbons (Fsp3) is 0.400. The van der Waals surface area contributed by atoms with Gasteiger partial charge in [0.15, 0.2) is 0 Å². The van der Waals surface area contributed by atoms with Gasteiger partial charge in [-0.1, -0.05) is 15.9 Å². The maximum Gasteiger partial charge on any atom is 0.244 e. The van der Waals surface area contributed by atoms with Crippen LogP contribution in [0.25, 0.3) is 0 Å². The van der Waals surface area contributed by atoms with Crippen molar-refractivity contribution in [2.45, 2.75) is 17.4 Å². The predicted octanol–water partition coefficient (Wildman–Crippen LogP) is 3.10. The van der Waals surface area contributed by atoms with Crippen LogP contribution in [0.4, 0.5) is 4.39 Å². The van der Waals surface area contributed by atoms with Crippen molar-refractivity contribution < 1.29 is 12.8 Å². The molecule has 1 N–H and O–H groups in total. The molecule has 0 fully saturated rings. The SMILES string of the molecule is CC(CCl)(CCl)NS(=O)(=O)c1ccc(Br)cc1F. The molecular formula is C10H11BrCl2FNO2S. The van der Waals surface area contributed by atoms with Crippen molar-refractivity contribution in [1.29, 1.82) is 0 Å². The Bertz CT molecular complexity index is 535. The van der Waals surface area contributed by atoms with Crippen molar-refractivity contribution in [3.63, 3.8) is 0 Å². The van der Waals surface area contributed by atoms with Crippen LogP contribution in [0.5, 0.6) is 0 Å². The van der Waals surface area contributed by atoms with Gasteiger partial charge in [0.05, 0.1) is 5.54 Å². The minimum Gasteiger partial charge on any atom is -0.207 e. The van der Waals surface area contributed by atoms with Crippen LogP contribution < -0.4 is 4.72 Å². The standard InChI is InChI=1S/C10H11BrCl2FNO2S/c1-10(5-12,6-13)15-18(16,17)9-3-2-7(11)4-8(9)14/h2-4,15H,5-6H2,1H3. The topological polar surface area (TPSA) is 46.2 Å². The summed E-state index contributed by atoms with van der Waals surface area (Å²) in [7, 11) is -4.00. The van der Waals surface area contributed by atoms with E-state index in [1.54, 1.807) is 6.92 Å². The summed E-state index contributed by atoms with van der Waals surface area (Å²) in [5.74, 6) is -0.884. The molecule has 18 heavy (non-hydrogen) atoms. The summed E-state index contributed by atoms with van der Waals surface area (Å²) in [6, 6.07) is 3.69. The summed E-state index contributed by atoms with van der Waals surface area (Å²) >= 11 is 14.4. The molecule has 8 heteroatoms. The van der Waals surface area contributed by atoms with Crippen LogP contribution in [-0.4, -0.2) is 25.7 Å². The average Bonchev–Trinajstić information content (AvgIpc) is 2.27. The van der Waals surface area contributed by atoms with Crippen LogP contribution in [0.3, 0.4) is 0 Å². The predicted molar refractivity (Wildman–Crippen MR) is 74.3 cm³/mol. The lowest BCUT2D eigenvalue weighted by atomic mass is 10.1. The molecular weight excluding hydrogens is 368 g/mol. The van der Waals surface area contributed by atoms with Gasteiger partial charge in [-0.3, -0.25) is 0 Å². The highest BCUT2D eigenvalue weighted by atomic mass is 79.9. The molecule has 0 saturated carbocycles. The Morgan fingerprint density at radius 1 is 1.39 bits per heavy atom. The van der Waals surface area contributed by atoms with E-state index in [0.717, 1.165) is 6.07 Å². The van der Waals surface area contributed by atoms with E-state index in [4.69, 9.17) is 23.2 Å². The summed E-state index contributed by atoms with van der Waals surface area (Å²) in [4.78, 5) is -0.438. The number of halogens is 4. The van der Waals surface area contributed by atoms with Gasteiger partial charge in [0.25, 0.3) is 0 Å². The third-order valence-electron chi connectivity index (χ3n) is 2.15. The number of alkyl halides is 2. The number of sulfonamides is 1. The summed E-state index contributed by atoms with van der Waals surface area (Å²) < 4.78 is 40.4. The van der Waals surface area contributed by atoms with Gasteiger partial charge < -0.3 is 0 Å². The largest absolute Gasteiger partial charge is 0.244 e. The fourth-order valence-corrected chi connectivity index (χ4v) is 3.54. The number of benzene rings is 1. The molecule has 1 aromatic rings. The quantitative estimate of drug-likeness (QED) is 0.800. The molecule has 0 bridgehead atoms. The van der Waals surface area contributed by atoms with Crippen LogP contribution in [0, 0.1) is 5.82 Å². The van der Waals surface area contributed by atoms with E-state index in [1.807, 2.05) is 0 Å². The molecule has 0 aliphatic rings. The summed E-state index contributed by atoms with van der Waals surface area (Å²) in [6.07, 6.45) is 0. The van der Waals surface area contributed by atoms with E-state index in [-0.39, 0.29) is 11.8 Å². The fourth-order valence-electron chi connectivity index (χ4n) is 1.16. The van der Waals surface area contributed by atoms with Gasteiger partial charge >= 0.3 is 0 Å². The molecule has 102 valence electrons. The van der Waals surface area contributed by atoms with Gasteiger partial charge in [-0.15, -0.1) is 23.2 Å². The third kappa shape index (κ3) is 3.81. The first kappa shape index (κ1) is 16.2. The molecule has 0 spiro atoms. The first-order chi connectivity index (χ1) is 8.24. The van der Waals surface area contributed by atoms with Crippen molar-refractivity contribution in [1.82, 2.24) is 4.72 Å². The van der Waals surface area contributed by atoms with E-state index in [0.29, 0.717) is 4.47 Å². The smallest absolute Gasteiger partial charge is 0.207 e. The maximum absolute atomic E-state index is 13.6. The van der Waals surface area contributed by atoms with Gasteiger partial charge in [-0.2, -0.15) is 0 Å². The molecule has 0 atom stereocenters. The molecule has 1 aromatic carbocycles. The highest BCUT2D eigenvalue weighted by Crippen LogP contribution is 2.21. The Kier molecular flexibility index (Phi) is 5.44. The van der Waals surface area contributed by atoms with E-state index >= 15 is 0 Å². The second kappa shape index (κ2) is 6.05. The molecule has 0 amide bonds. The maximum atomic E-state index is 13.6. The molecule has 0 aromatic heterocycles. The number of rotatable bonds is 5. The zero-order chi connectivity index (χ0) is 14.0. The highest BCUT2D eigenvalue weighted by Gasteiger charge is 2.30. The van der Waals surface area contributed by atoms with Gasteiger partial charge in [-0.25, -0.2) is 17.5 Å². The van der Waals surface area contributed by atoms with E-state index in [1.165, 1.54) is 12.1 Å². The van der Waals surface area contributed by atoms with Gasteiger partial charge in [0.2, 0.25) is 10.0 Å². The van der Waals surface area contributed by atoms with E-state index in [9.17, 15) is 12.8 Å². The molecule has 0 heterocycles. The van der Waals surface area contributed by atoms with Gasteiger partial charge in [0, 0.05) is 16.2 Å². The van der Waals surface area contributed by atoms with Crippen molar-refractivity contribution in [3.8, 4) is 0 Å². The van der Waals surface area contributed by atoms with Crippen molar-refractivity contribution in [3.05, 3.63) is 28.5 Å². The highest BCUT2D eigenvalue weighted by molar-refractivity contribution is 9.10. The van der Waals surface area contributed by atoms with E-state index in [2.05, 4.69) is 20.7 Å². The van der Waals surface area contributed by atoms with Crippen LogP contribution in [-0.2, 0) is 10.0 Å². The van der Waals surface area contributed by atoms with Crippen LogP contribution in [0.2, 0.25) is 0 Å². The number of hydrogen-bond donors (Lipinski definition) is 1. The minimum absolute atomic E-state index is 0.0200. The summed E-state index contributed by atoms with van der Waals surface area (Å²) in [5, 5.41) is 0.